The topological polar surface area (TPSA) is 206 Å². The third-order valence-corrected chi connectivity index (χ3v) is 4.93. The summed E-state index contributed by atoms with van der Waals surface area (Å²) in [6.45, 7) is 0.0505. The maximum absolute atomic E-state index is 9.68. The van der Waals surface area contributed by atoms with E-state index in [-0.39, 0.29) is 17.9 Å². The second kappa shape index (κ2) is 6.77. The number of hydrogen-bond acceptors (Lipinski definition) is 12. The van der Waals surface area contributed by atoms with Gasteiger partial charge in [-0.15, -0.1) is 0 Å². The highest BCUT2D eigenvalue weighted by Gasteiger charge is 2.40. The molecule has 4 N–H and O–H groups in total. The number of aliphatic imine (C=N–C) groups is 1. The fourth-order valence-corrected chi connectivity index (χ4v) is 3.60. The molecule has 0 aliphatic carbocycles. The van der Waals surface area contributed by atoms with Gasteiger partial charge in [0.25, 0.3) is 0 Å². The van der Waals surface area contributed by atoms with Crippen molar-refractivity contribution in [3.63, 3.8) is 0 Å². The van der Waals surface area contributed by atoms with Crippen molar-refractivity contribution >= 4 is 39.8 Å². The van der Waals surface area contributed by atoms with Crippen molar-refractivity contribution in [3.05, 3.63) is 0 Å². The number of hydrogen-bond donors (Lipinski definition) is 4. The first-order chi connectivity index (χ1) is 14.6. The molecule has 12 nitrogen and oxygen atoms in total. The van der Waals surface area contributed by atoms with E-state index in [1.807, 2.05) is 30.5 Å². The van der Waals surface area contributed by atoms with E-state index in [4.69, 9.17) is 0 Å². The summed E-state index contributed by atoms with van der Waals surface area (Å²) in [5.41, 5.74) is 1.82. The van der Waals surface area contributed by atoms with E-state index in [1.165, 1.54) is 4.90 Å². The summed E-state index contributed by atoms with van der Waals surface area (Å²) in [4.78, 5) is 5.60. The Hall–Kier alpha value is -5.17. The van der Waals surface area contributed by atoms with Gasteiger partial charge in [-0.05, 0) is 0 Å². The molecule has 4 atom stereocenters. The normalized spacial score (nSPS) is 24.9. The second-order valence-corrected chi connectivity index (χ2v) is 6.55. The molecular formula is C18H10N12. The van der Waals surface area contributed by atoms with Crippen LogP contribution < -0.4 is 26.2 Å². The van der Waals surface area contributed by atoms with Crippen LogP contribution in [0.5, 0.6) is 0 Å². The molecule has 1 aromatic rings. The van der Waals surface area contributed by atoms with Gasteiger partial charge in [0.1, 0.15) is 35.6 Å². The molecule has 3 aliphatic rings. The minimum absolute atomic E-state index is 0.0505. The van der Waals surface area contributed by atoms with Crippen molar-refractivity contribution in [2.75, 3.05) is 32.7 Å². The van der Waals surface area contributed by atoms with Gasteiger partial charge >= 0.3 is 0 Å². The Kier molecular flexibility index (Phi) is 4.11. The van der Waals surface area contributed by atoms with Crippen LogP contribution in [-0.4, -0.2) is 36.4 Å². The molecule has 0 saturated carbocycles. The maximum Gasteiger partial charge on any atom is 0.184 e. The van der Waals surface area contributed by atoms with E-state index in [2.05, 4.69) is 32.3 Å². The number of rotatable bonds is 0. The number of anilines is 5. The summed E-state index contributed by atoms with van der Waals surface area (Å²) in [7, 11) is 0. The van der Waals surface area contributed by atoms with Crippen LogP contribution in [0.2, 0.25) is 0 Å². The number of benzene rings is 1. The van der Waals surface area contributed by atoms with E-state index in [1.54, 1.807) is 0 Å². The van der Waals surface area contributed by atoms with Gasteiger partial charge in [0, 0.05) is 0 Å². The van der Waals surface area contributed by atoms with E-state index >= 15 is 0 Å². The molecule has 0 fully saturated rings. The first kappa shape index (κ1) is 18.2. The predicted octanol–water partition coefficient (Wildman–Crippen LogP) is 0.827. The zero-order chi connectivity index (χ0) is 21.4. The Morgan fingerprint density at radius 2 is 1.47 bits per heavy atom. The maximum atomic E-state index is 9.68. The van der Waals surface area contributed by atoms with Crippen LogP contribution in [0.1, 0.15) is 0 Å². The van der Waals surface area contributed by atoms with Gasteiger partial charge in [-0.2, -0.15) is 31.6 Å². The quantitative estimate of drug-likeness (QED) is 0.453. The van der Waals surface area contributed by atoms with Crippen molar-refractivity contribution in [2.45, 2.75) is 24.2 Å². The van der Waals surface area contributed by atoms with Crippen molar-refractivity contribution in [2.24, 2.45) is 4.99 Å². The molecule has 4 unspecified atom stereocenters. The van der Waals surface area contributed by atoms with Gasteiger partial charge in [-0.25, -0.2) is 4.99 Å². The standard InChI is InChI=1S/C18H10N12/c19-1-8-6-30(7-24)18-16(25-8)14-13(26-9(2-20)10(3-21)27-14)15-17(18)29-12(5-23)11(4-22)28-15/h8-10,12,25-27,29H,6H2. The summed E-state index contributed by atoms with van der Waals surface area (Å²) in [6, 6.07) is 6.33. The van der Waals surface area contributed by atoms with Crippen molar-refractivity contribution in [3.8, 4) is 36.5 Å². The van der Waals surface area contributed by atoms with E-state index in [0.717, 1.165) is 0 Å². The summed E-state index contributed by atoms with van der Waals surface area (Å²) in [5, 5.41) is 68.7. The zero-order valence-corrected chi connectivity index (χ0v) is 15.1. The zero-order valence-electron chi connectivity index (χ0n) is 15.1. The van der Waals surface area contributed by atoms with Crippen LogP contribution >= 0.6 is 0 Å². The van der Waals surface area contributed by atoms with Crippen LogP contribution in [0.25, 0.3) is 0 Å². The summed E-state index contributed by atoms with van der Waals surface area (Å²) < 4.78 is 0. The Morgan fingerprint density at radius 1 is 0.767 bits per heavy atom. The molecule has 1 aromatic carbocycles. The van der Waals surface area contributed by atoms with E-state index in [9.17, 15) is 31.6 Å². The fourth-order valence-electron chi connectivity index (χ4n) is 3.60. The van der Waals surface area contributed by atoms with Crippen LogP contribution in [0.3, 0.4) is 0 Å². The summed E-state index contributed by atoms with van der Waals surface area (Å²) >= 11 is 0. The molecule has 12 heteroatoms. The van der Waals surface area contributed by atoms with Gasteiger partial charge < -0.3 is 21.3 Å². The number of nitriles is 6. The molecule has 0 amide bonds. The minimum Gasteiger partial charge on any atom is -0.365 e. The highest BCUT2D eigenvalue weighted by atomic mass is 15.2. The lowest BCUT2D eigenvalue weighted by molar-refractivity contribution is 0.786. The monoisotopic (exact) mass is 394 g/mol. The Morgan fingerprint density at radius 3 is 2.03 bits per heavy atom. The molecular weight excluding hydrogens is 384 g/mol. The van der Waals surface area contributed by atoms with E-state index in [0.29, 0.717) is 28.4 Å². The lowest BCUT2D eigenvalue weighted by Crippen LogP contribution is -2.44. The summed E-state index contributed by atoms with van der Waals surface area (Å²) in [5.74, 6) is 0. The van der Waals surface area contributed by atoms with Gasteiger partial charge in [0.2, 0.25) is 0 Å². The molecule has 3 heterocycles. The minimum atomic E-state index is -1.03. The van der Waals surface area contributed by atoms with Gasteiger partial charge in [0.15, 0.2) is 17.9 Å². The lowest BCUT2D eigenvalue weighted by atomic mass is 9.97. The van der Waals surface area contributed by atoms with Gasteiger partial charge in [-0.3, -0.25) is 4.90 Å². The average molecular weight is 394 g/mol. The molecule has 0 aromatic heterocycles. The molecule has 0 radical (unpaired) electrons. The Labute approximate surface area is 170 Å². The number of nitrogens with one attached hydrogen (secondary N) is 4. The largest absolute Gasteiger partial charge is 0.365 e. The van der Waals surface area contributed by atoms with E-state index < -0.39 is 24.2 Å². The lowest BCUT2D eigenvalue weighted by Gasteiger charge is -2.39. The van der Waals surface area contributed by atoms with Crippen LogP contribution in [0.4, 0.5) is 34.1 Å². The number of fused-ring (bicyclic) bond motifs is 6. The smallest absolute Gasteiger partial charge is 0.184 e. The Bertz CT molecular complexity index is 1240. The molecule has 142 valence electrons. The first-order valence-corrected chi connectivity index (χ1v) is 8.64. The third-order valence-electron chi connectivity index (χ3n) is 4.93. The molecule has 0 bridgehead atoms. The molecule has 4 rings (SSSR count). The molecule has 3 aliphatic heterocycles. The number of nitrogens with zero attached hydrogens (tertiary/aromatic N) is 8. The fraction of sp³-hybridized carbons (Fsp3) is 0.278. The predicted molar refractivity (Wildman–Crippen MR) is 104 cm³/mol. The third kappa shape index (κ3) is 2.44. The van der Waals surface area contributed by atoms with Crippen molar-refractivity contribution in [1.29, 1.82) is 31.6 Å². The van der Waals surface area contributed by atoms with Crippen LogP contribution in [0, 0.1) is 68.1 Å². The summed E-state index contributed by atoms with van der Waals surface area (Å²) in [6.07, 6.45) is 2.02. The average Bonchev–Trinajstić information content (AvgIpc) is 2.81. The van der Waals surface area contributed by atoms with Crippen molar-refractivity contribution in [1.82, 2.24) is 0 Å². The van der Waals surface area contributed by atoms with Crippen LogP contribution in [0.15, 0.2) is 4.99 Å². The van der Waals surface area contributed by atoms with Gasteiger partial charge in [0.05, 0.1) is 53.6 Å². The molecule has 30 heavy (non-hydrogen) atoms. The highest BCUT2D eigenvalue weighted by Crippen LogP contribution is 2.56. The molecule has 0 saturated heterocycles. The second-order valence-electron chi connectivity index (χ2n) is 6.55. The SMILES string of the molecule is N#CC1=Nc2c3c(c4c(c2NC1C#N)N(C#N)CC(C#N)N4)NC(C#N)C(C#N)N3. The Balaban J connectivity index is 2.06. The van der Waals surface area contributed by atoms with Crippen molar-refractivity contribution < 1.29 is 0 Å². The van der Waals surface area contributed by atoms with Gasteiger partial charge in [-0.1, -0.05) is 0 Å². The van der Waals surface area contributed by atoms with Crippen LogP contribution in [-0.2, 0) is 0 Å². The first-order valence-electron chi connectivity index (χ1n) is 8.64. The highest BCUT2D eigenvalue weighted by molar-refractivity contribution is 6.17. The molecule has 0 spiro atoms.